The van der Waals surface area contributed by atoms with Crippen LogP contribution in [0.3, 0.4) is 0 Å². The minimum Gasteiger partial charge on any atom is -0.299 e. The van der Waals surface area contributed by atoms with Crippen LogP contribution in [0.25, 0.3) is 43.1 Å². The largest absolute Gasteiger partial charge is 0.458 e. The van der Waals surface area contributed by atoms with Crippen LogP contribution in [0.15, 0.2) is 121 Å². The molecule has 574 valence electrons. The van der Waals surface area contributed by atoms with Gasteiger partial charge in [0.2, 0.25) is 0 Å². The van der Waals surface area contributed by atoms with Gasteiger partial charge in [0.15, 0.2) is 0 Å². The van der Waals surface area contributed by atoms with Gasteiger partial charge < -0.3 is 0 Å². The first-order valence-corrected chi connectivity index (χ1v) is 28.6. The summed E-state index contributed by atoms with van der Waals surface area (Å²) in [4.78, 5) is -0.873. The average Bonchev–Trinajstić information content (AvgIpc) is 0.645. The predicted molar refractivity (Wildman–Crippen MR) is 288 cm³/mol. The molecule has 0 heterocycles. The predicted octanol–water partition coefficient (Wildman–Crippen LogP) is 25.2. The summed E-state index contributed by atoms with van der Waals surface area (Å²) in [6.45, 7) is 0. The summed E-state index contributed by atoms with van der Waals surface area (Å²) < 4.78 is 661. The summed E-state index contributed by atoms with van der Waals surface area (Å²) >= 11 is 0. The number of nitrogens with zero attached hydrogens (tertiary/aromatic N) is 1. The normalized spacial score (nSPS) is 18.2. The molecule has 0 amide bonds. The molecule has 2 atom stereocenters. The maximum Gasteiger partial charge on any atom is 0.458 e. The smallest absolute Gasteiger partial charge is 0.299 e. The highest BCUT2D eigenvalue weighted by atomic mass is 19.5. The molecule has 105 heavy (non-hydrogen) atoms. The fourth-order valence-electron chi connectivity index (χ4n) is 14.1. The maximum absolute atomic E-state index is 18.4. The van der Waals surface area contributed by atoms with Crippen molar-refractivity contribution in [3.8, 4) is 0 Å². The highest BCUT2D eigenvalue weighted by molar-refractivity contribution is 5.99. The Hall–Kier alpha value is -8.04. The number of hydrogen-bond donors (Lipinski definition) is 0. The molecular weight excluding hydrogens is 1540 g/mol. The monoisotopic (exact) mass is 1580 g/mol. The van der Waals surface area contributed by atoms with Crippen LogP contribution in [0.4, 0.5) is 176 Å². The number of likely N-dealkylation sites (N-methyl/N-ethyl adjacent to an activating group) is 1. The molecule has 1 fully saturated rings. The Kier molecular flexibility index (Phi) is 18.7. The molecule has 0 saturated heterocycles. The Bertz CT molecular complexity index is 4560. The van der Waals surface area contributed by atoms with Crippen molar-refractivity contribution in [2.24, 2.45) is 0 Å². The summed E-state index contributed by atoms with van der Waals surface area (Å²) in [6.07, 6.45) is -73.1. The van der Waals surface area contributed by atoms with Crippen molar-refractivity contribution in [1.82, 2.24) is 4.90 Å². The molecular formula is C64H33F40N. The van der Waals surface area contributed by atoms with E-state index in [0.29, 0.717) is 0 Å². The van der Waals surface area contributed by atoms with E-state index in [1.807, 2.05) is 0 Å². The van der Waals surface area contributed by atoms with Gasteiger partial charge in [0.05, 0.1) is 11.0 Å². The summed E-state index contributed by atoms with van der Waals surface area (Å²) in [5.41, 5.74) is -63.5. The van der Waals surface area contributed by atoms with Crippen molar-refractivity contribution in [2.45, 2.75) is 133 Å². The molecule has 1 aliphatic carbocycles. The van der Waals surface area contributed by atoms with E-state index in [1.165, 1.54) is 0 Å². The van der Waals surface area contributed by atoms with Gasteiger partial charge in [-0.25, -0.2) is 0 Å². The lowest BCUT2D eigenvalue weighted by Crippen LogP contribution is -2.65. The van der Waals surface area contributed by atoms with Crippen molar-refractivity contribution >= 4 is 43.1 Å². The molecule has 1 saturated carbocycles. The second kappa shape index (κ2) is 24.2. The second-order valence-corrected chi connectivity index (χ2v) is 24.2. The molecule has 1 nitrogen and oxygen atoms in total. The van der Waals surface area contributed by atoms with Gasteiger partial charge in [-0.15, -0.1) is 0 Å². The van der Waals surface area contributed by atoms with E-state index in [4.69, 9.17) is 0 Å². The van der Waals surface area contributed by atoms with Gasteiger partial charge in [-0.1, -0.05) is 103 Å². The SMILES string of the molecule is CN(C)C1(c2c(C(F)(F)C(F)(F)F)c(C(F)(F)C(F)(F)F)cc3ccccc23)CCCC(c2c(C(F)(F)C(F)(F)F)c(C(F)(F)C(F)(F)F)cc3ccccc23)C1(c1c(C(F)(F)C(F)(F)F)c(C(F)(F)C(F)(F)F)cc2ccccc12)c1c(C(F)(F)C(F)(F)F)c(C(F)(F)C(F)(F)F)cc2ccccc12. The number of hydrogen-bond acceptors (Lipinski definition) is 1. The van der Waals surface area contributed by atoms with Gasteiger partial charge in [-0.2, -0.15) is 176 Å². The van der Waals surface area contributed by atoms with E-state index in [9.17, 15) is 0 Å². The molecule has 0 aliphatic heterocycles. The summed E-state index contributed by atoms with van der Waals surface area (Å²) in [5.74, 6) is -69.5. The number of alkyl halides is 40. The first-order valence-electron chi connectivity index (χ1n) is 28.6. The van der Waals surface area contributed by atoms with Crippen molar-refractivity contribution in [1.29, 1.82) is 0 Å². The number of benzene rings is 8. The molecule has 2 unspecified atom stereocenters. The maximum atomic E-state index is 18.4. The van der Waals surface area contributed by atoms with Crippen LogP contribution in [-0.2, 0) is 58.3 Å². The third kappa shape index (κ3) is 11.6. The summed E-state index contributed by atoms with van der Waals surface area (Å²) in [5, 5.41) is -18.8. The third-order valence-corrected chi connectivity index (χ3v) is 18.2. The van der Waals surface area contributed by atoms with Crippen molar-refractivity contribution in [2.75, 3.05) is 14.1 Å². The lowest BCUT2D eigenvalue weighted by atomic mass is 9.43. The zero-order chi connectivity index (χ0) is 80.0. The molecule has 0 spiro atoms. The molecule has 0 N–H and O–H groups in total. The van der Waals surface area contributed by atoms with Crippen LogP contribution in [0.5, 0.6) is 0 Å². The van der Waals surface area contributed by atoms with Crippen LogP contribution in [0.2, 0.25) is 0 Å². The Morgan fingerprint density at radius 3 is 0.762 bits per heavy atom. The molecule has 41 heteroatoms. The van der Waals surface area contributed by atoms with E-state index in [0.717, 1.165) is 0 Å². The van der Waals surface area contributed by atoms with Gasteiger partial charge >= 0.3 is 96.8 Å². The van der Waals surface area contributed by atoms with Crippen molar-refractivity contribution in [3.05, 3.63) is 188 Å². The summed E-state index contributed by atoms with van der Waals surface area (Å²) in [7, 11) is -0.799. The first kappa shape index (κ1) is 81.0. The van der Waals surface area contributed by atoms with E-state index >= 15 is 176 Å². The second-order valence-electron chi connectivity index (χ2n) is 24.2. The number of fused-ring (bicyclic) bond motifs is 4. The first-order chi connectivity index (χ1) is 47.1. The average molecular weight is 1580 g/mol. The zero-order valence-corrected chi connectivity index (χ0v) is 50.8. The molecule has 8 aromatic rings. The van der Waals surface area contributed by atoms with Gasteiger partial charge in [-0.3, -0.25) is 4.90 Å². The van der Waals surface area contributed by atoms with Crippen LogP contribution in [0.1, 0.15) is 91.9 Å². The zero-order valence-electron chi connectivity index (χ0n) is 50.8. The highest BCUT2D eigenvalue weighted by Crippen LogP contribution is 2.75. The van der Waals surface area contributed by atoms with Gasteiger partial charge in [0.25, 0.3) is 0 Å². The molecule has 0 bridgehead atoms. The fourth-order valence-corrected chi connectivity index (χ4v) is 14.1. The quantitative estimate of drug-likeness (QED) is 0.104. The highest BCUT2D eigenvalue weighted by Gasteiger charge is 2.78. The standard InChI is InChI=1S/C64H33F40N/c1-105(2)47(40-31-17-8-4-13-27(31)23-36(50(67,68)58(84,85)86)44(40)54(75,76)62(96,97)98)21-11-20-34(39-30-16-7-3-12-26(30)22-35(49(65,66)57(81,82)83)43(39)53(73,74)61(93,94)95)48(47,41-32-18-9-5-14-28(32)24-37(51(69,70)59(87,88)89)45(41)55(77,78)63(99,100)101)42-33-19-10-6-15-29(33)25-38(52(71,72)60(90,91)92)46(42)56(79,80)64(102,103)104/h3-10,12-19,22-25,34H,11,20-21H2,1-2H3. The van der Waals surface area contributed by atoms with Crippen molar-refractivity contribution in [3.63, 3.8) is 0 Å². The van der Waals surface area contributed by atoms with Crippen LogP contribution in [0, 0.1) is 0 Å². The number of halogens is 40. The Balaban J connectivity index is 2.02. The van der Waals surface area contributed by atoms with Gasteiger partial charge in [0.1, 0.15) is 0 Å². The molecule has 9 rings (SSSR count). The minimum absolute atomic E-state index is 0.0738. The topological polar surface area (TPSA) is 3.24 Å². The Labute approximate surface area is 557 Å². The minimum atomic E-state index is -8.39. The Morgan fingerprint density at radius 1 is 0.276 bits per heavy atom. The molecule has 0 radical (unpaired) electrons. The van der Waals surface area contributed by atoms with E-state index < -0.39 is 298 Å². The third-order valence-electron chi connectivity index (χ3n) is 18.2. The lowest BCUT2D eigenvalue weighted by molar-refractivity contribution is -0.303. The lowest BCUT2D eigenvalue weighted by Gasteiger charge is -2.64. The molecule has 0 aromatic heterocycles. The van der Waals surface area contributed by atoms with Crippen LogP contribution < -0.4 is 0 Å². The Morgan fingerprint density at radius 2 is 0.495 bits per heavy atom. The van der Waals surface area contributed by atoms with E-state index in [1.54, 1.807) is 0 Å². The van der Waals surface area contributed by atoms with Crippen LogP contribution in [-0.4, -0.2) is 68.4 Å². The van der Waals surface area contributed by atoms with Crippen molar-refractivity contribution < 1.29 is 176 Å². The van der Waals surface area contributed by atoms with Gasteiger partial charge in [0, 0.05) is 50.4 Å². The van der Waals surface area contributed by atoms with E-state index in [2.05, 4.69) is 0 Å². The number of rotatable bonds is 13. The fraction of sp³-hybridized carbons (Fsp3) is 0.375. The van der Waals surface area contributed by atoms with Gasteiger partial charge in [-0.05, 0) is 117 Å². The molecule has 1 aliphatic rings. The van der Waals surface area contributed by atoms with Crippen LogP contribution >= 0.6 is 0 Å². The summed E-state index contributed by atoms with van der Waals surface area (Å²) in [6, 6.07) is -6.46. The van der Waals surface area contributed by atoms with E-state index in [-0.39, 0.29) is 84.9 Å². The molecule has 8 aromatic carbocycles.